The lowest BCUT2D eigenvalue weighted by Crippen LogP contribution is -2.53. The Morgan fingerprint density at radius 2 is 1.81 bits per heavy atom. The topological polar surface area (TPSA) is 37.3 Å². The van der Waals surface area contributed by atoms with Crippen LogP contribution in [0.3, 0.4) is 0 Å². The van der Waals surface area contributed by atoms with Crippen molar-refractivity contribution >= 4 is 5.78 Å². The van der Waals surface area contributed by atoms with Crippen molar-refractivity contribution in [2.45, 2.75) is 99.0 Å². The van der Waals surface area contributed by atoms with E-state index in [2.05, 4.69) is 53.7 Å². The van der Waals surface area contributed by atoms with Crippen molar-refractivity contribution in [2.24, 2.45) is 52.3 Å². The first-order valence-corrected chi connectivity index (χ1v) is 13.2. The Balaban J connectivity index is 1.57. The van der Waals surface area contributed by atoms with E-state index in [0.29, 0.717) is 47.7 Å². The largest absolute Gasteiger partial charge is 0.393 e. The number of aliphatic hydroxyl groups is 1. The van der Waals surface area contributed by atoms with Gasteiger partial charge < -0.3 is 5.11 Å². The van der Waals surface area contributed by atoms with E-state index in [1.165, 1.54) is 37.7 Å². The highest BCUT2D eigenvalue weighted by Gasteiger charge is 2.61. The number of rotatable bonds is 5. The number of carbonyl (C=O) groups is 1. The van der Waals surface area contributed by atoms with Crippen molar-refractivity contribution in [1.82, 2.24) is 0 Å². The molecular formula is C29H46O2. The Morgan fingerprint density at radius 1 is 1.06 bits per heavy atom. The Labute approximate surface area is 191 Å². The predicted octanol–water partition coefficient (Wildman–Crippen LogP) is 6.98. The number of hydrogen-bond donors (Lipinski definition) is 1. The van der Waals surface area contributed by atoms with Gasteiger partial charge in [0, 0.05) is 5.92 Å². The van der Waals surface area contributed by atoms with Crippen LogP contribution < -0.4 is 0 Å². The zero-order chi connectivity index (χ0) is 22.6. The Hall–Kier alpha value is -0.890. The van der Waals surface area contributed by atoms with E-state index in [0.717, 1.165) is 12.8 Å². The molecule has 4 aliphatic rings. The van der Waals surface area contributed by atoms with E-state index in [1.54, 1.807) is 0 Å². The van der Waals surface area contributed by atoms with Crippen LogP contribution in [0.2, 0.25) is 0 Å². The van der Waals surface area contributed by atoms with Gasteiger partial charge in [0.15, 0.2) is 5.78 Å². The quantitative estimate of drug-likeness (QED) is 0.481. The molecule has 2 heteroatoms. The maximum Gasteiger partial charge on any atom is 0.159 e. The summed E-state index contributed by atoms with van der Waals surface area (Å²) in [4.78, 5) is 13.5. The van der Waals surface area contributed by atoms with Crippen LogP contribution >= 0.6 is 0 Å². The summed E-state index contributed by atoms with van der Waals surface area (Å²) in [5.74, 6) is 4.27. The molecule has 3 fully saturated rings. The summed E-state index contributed by atoms with van der Waals surface area (Å²) in [5, 5.41) is 10.2. The number of carbonyl (C=O) groups excluding carboxylic acids is 1. The van der Waals surface area contributed by atoms with Gasteiger partial charge in [-0.2, -0.15) is 0 Å². The summed E-state index contributed by atoms with van der Waals surface area (Å²) >= 11 is 0. The average molecular weight is 427 g/mol. The third kappa shape index (κ3) is 3.79. The molecule has 0 radical (unpaired) electrons. The second-order valence-electron chi connectivity index (χ2n) is 12.4. The summed E-state index contributed by atoms with van der Waals surface area (Å²) in [6, 6.07) is 0. The van der Waals surface area contributed by atoms with Crippen LogP contribution in [0.25, 0.3) is 0 Å². The number of fused-ring (bicyclic) bond motifs is 5. The van der Waals surface area contributed by atoms with Crippen molar-refractivity contribution < 1.29 is 9.90 Å². The van der Waals surface area contributed by atoms with Gasteiger partial charge in [-0.1, -0.05) is 59.3 Å². The molecule has 0 saturated heterocycles. The van der Waals surface area contributed by atoms with Crippen molar-refractivity contribution in [3.05, 3.63) is 23.8 Å². The fourth-order valence-corrected chi connectivity index (χ4v) is 8.57. The molecule has 0 aromatic carbocycles. The normalized spacial score (nSPS) is 44.6. The Kier molecular flexibility index (Phi) is 6.36. The van der Waals surface area contributed by atoms with Crippen molar-refractivity contribution in [1.29, 1.82) is 0 Å². The third-order valence-corrected chi connectivity index (χ3v) is 10.6. The van der Waals surface area contributed by atoms with Crippen LogP contribution in [0, 0.1) is 52.3 Å². The molecule has 9 atom stereocenters. The van der Waals surface area contributed by atoms with E-state index in [9.17, 15) is 9.90 Å². The summed E-state index contributed by atoms with van der Waals surface area (Å²) in [5.41, 5.74) is 1.68. The lowest BCUT2D eigenvalue weighted by atomic mass is 9.46. The second-order valence-corrected chi connectivity index (χ2v) is 12.4. The van der Waals surface area contributed by atoms with E-state index in [1.807, 2.05) is 6.08 Å². The molecule has 2 nitrogen and oxygen atoms in total. The van der Waals surface area contributed by atoms with Gasteiger partial charge >= 0.3 is 0 Å². The highest BCUT2D eigenvalue weighted by Crippen LogP contribution is 2.66. The van der Waals surface area contributed by atoms with Gasteiger partial charge in [-0.25, -0.2) is 0 Å². The second kappa shape index (κ2) is 8.47. The van der Waals surface area contributed by atoms with Crippen molar-refractivity contribution in [3.63, 3.8) is 0 Å². The van der Waals surface area contributed by atoms with Gasteiger partial charge in [0.1, 0.15) is 0 Å². The summed E-state index contributed by atoms with van der Waals surface area (Å²) in [7, 11) is 0. The number of aliphatic hydroxyl groups excluding tert-OH is 1. The minimum absolute atomic E-state index is 0.133. The van der Waals surface area contributed by atoms with E-state index in [-0.39, 0.29) is 22.9 Å². The smallest absolute Gasteiger partial charge is 0.159 e. The first-order chi connectivity index (χ1) is 14.6. The molecule has 174 valence electrons. The molecule has 1 N–H and O–H groups in total. The maximum atomic E-state index is 13.5. The van der Waals surface area contributed by atoms with Gasteiger partial charge in [0.2, 0.25) is 0 Å². The molecule has 0 aliphatic heterocycles. The average Bonchev–Trinajstić information content (AvgIpc) is 3.06. The molecule has 3 saturated carbocycles. The van der Waals surface area contributed by atoms with Gasteiger partial charge in [0.05, 0.1) is 6.10 Å². The van der Waals surface area contributed by atoms with Gasteiger partial charge in [0.25, 0.3) is 0 Å². The maximum absolute atomic E-state index is 13.5. The predicted molar refractivity (Wildman–Crippen MR) is 129 cm³/mol. The van der Waals surface area contributed by atoms with Gasteiger partial charge in [-0.3, -0.25) is 4.79 Å². The van der Waals surface area contributed by atoms with E-state index >= 15 is 0 Å². The van der Waals surface area contributed by atoms with Crippen molar-refractivity contribution in [2.75, 3.05) is 0 Å². The molecular weight excluding hydrogens is 380 g/mol. The van der Waals surface area contributed by atoms with Gasteiger partial charge in [-0.15, -0.1) is 0 Å². The van der Waals surface area contributed by atoms with Crippen LogP contribution in [0.4, 0.5) is 0 Å². The van der Waals surface area contributed by atoms with Crippen molar-refractivity contribution in [3.8, 4) is 0 Å². The first kappa shape index (κ1) is 23.3. The van der Waals surface area contributed by atoms with Crippen LogP contribution in [0.15, 0.2) is 23.8 Å². The van der Waals surface area contributed by atoms with Crippen LogP contribution in [-0.2, 0) is 4.79 Å². The molecule has 4 rings (SSSR count). The Bertz CT molecular complexity index is 748. The zero-order valence-corrected chi connectivity index (χ0v) is 20.9. The fraction of sp³-hybridized carbons (Fsp3) is 0.828. The first-order valence-electron chi connectivity index (χ1n) is 13.2. The minimum atomic E-state index is -0.251. The summed E-state index contributed by atoms with van der Waals surface area (Å²) in [6.45, 7) is 14.3. The minimum Gasteiger partial charge on any atom is -0.393 e. The molecule has 31 heavy (non-hydrogen) atoms. The molecule has 0 heterocycles. The summed E-state index contributed by atoms with van der Waals surface area (Å²) < 4.78 is 0. The lowest BCUT2D eigenvalue weighted by molar-refractivity contribution is -0.134. The van der Waals surface area contributed by atoms with Crippen LogP contribution in [0.5, 0.6) is 0 Å². The molecule has 0 aromatic heterocycles. The standard InChI is InChI=1S/C29H46O2/c1-7-20(18(2)3)9-8-19(4)23-10-11-24-27-25(13-15-29(23,24)6)28(5)14-12-22(30)16-21(28)17-26(27)31/h8-9,17-20,22-25,27,30H,7,10-16H2,1-6H3. The molecule has 9 unspecified atom stereocenters. The molecule has 0 amide bonds. The molecule has 0 bridgehead atoms. The number of ketones is 1. The van der Waals surface area contributed by atoms with Gasteiger partial charge in [-0.05, 0) is 104 Å². The number of hydrogen-bond acceptors (Lipinski definition) is 2. The van der Waals surface area contributed by atoms with Crippen LogP contribution in [0.1, 0.15) is 92.9 Å². The number of allylic oxidation sites excluding steroid dienone is 3. The Morgan fingerprint density at radius 3 is 2.48 bits per heavy atom. The monoisotopic (exact) mass is 426 g/mol. The summed E-state index contributed by atoms with van der Waals surface area (Å²) in [6.07, 6.45) is 15.6. The highest BCUT2D eigenvalue weighted by atomic mass is 16.3. The lowest BCUT2D eigenvalue weighted by Gasteiger charge is -2.57. The third-order valence-electron chi connectivity index (χ3n) is 10.6. The molecule has 0 spiro atoms. The van der Waals surface area contributed by atoms with E-state index in [4.69, 9.17) is 0 Å². The fourth-order valence-electron chi connectivity index (χ4n) is 8.57. The van der Waals surface area contributed by atoms with Crippen LogP contribution in [-0.4, -0.2) is 17.0 Å². The highest BCUT2D eigenvalue weighted by molar-refractivity contribution is 5.94. The molecule has 4 aliphatic carbocycles. The van der Waals surface area contributed by atoms with E-state index < -0.39 is 0 Å². The SMILES string of the molecule is CCC(C=CC(C)C1CCC2C3C(=O)C=C4CC(O)CCC4(C)C3CCC12C)C(C)C. The zero-order valence-electron chi connectivity index (χ0n) is 20.9. The molecule has 0 aromatic rings.